The van der Waals surface area contributed by atoms with Gasteiger partial charge in [0.1, 0.15) is 5.69 Å². The number of hydrogen-bond acceptors (Lipinski definition) is 6. The Hall–Kier alpha value is -5.06. The van der Waals surface area contributed by atoms with Crippen molar-refractivity contribution in [2.75, 3.05) is 88.3 Å². The van der Waals surface area contributed by atoms with Crippen LogP contribution in [0.5, 0.6) is 0 Å². The summed E-state index contributed by atoms with van der Waals surface area (Å²) in [5.41, 5.74) is 7.47. The molecule has 10 nitrogen and oxygen atoms in total. The molecule has 5 rings (SSSR count). The third kappa shape index (κ3) is 23.0. The zero-order valence-electron chi connectivity index (χ0n) is 51.5. The fourth-order valence-electron chi connectivity index (χ4n) is 11.0. The average Bonchev–Trinajstić information content (AvgIpc) is 3.51. The van der Waals surface area contributed by atoms with E-state index in [-0.39, 0.29) is 0 Å². The van der Waals surface area contributed by atoms with Crippen LogP contribution in [-0.4, -0.2) is 87.5 Å². The van der Waals surface area contributed by atoms with Crippen LogP contribution in [0.4, 0.5) is 34.1 Å². The van der Waals surface area contributed by atoms with Crippen LogP contribution >= 0.6 is 0 Å². The lowest BCUT2D eigenvalue weighted by Crippen LogP contribution is -2.49. The highest BCUT2D eigenvalue weighted by atomic mass is 15.3. The summed E-state index contributed by atoms with van der Waals surface area (Å²) in [4.78, 5) is 5.13. The Balaban J connectivity index is 0.000000338. The Morgan fingerprint density at radius 2 is 0.744 bits per heavy atom. The first kappa shape index (κ1) is 65.5. The molecule has 0 spiro atoms. The number of fused-ring (bicyclic) bond motifs is 1. The fourth-order valence-corrected chi connectivity index (χ4v) is 11.0. The molecule has 10 heteroatoms. The molecule has 0 N–H and O–H groups in total. The van der Waals surface area contributed by atoms with Crippen LogP contribution in [0, 0.1) is 0 Å². The van der Waals surface area contributed by atoms with Gasteiger partial charge in [0.15, 0.2) is 31.7 Å². The van der Waals surface area contributed by atoms with E-state index >= 15 is 0 Å². The maximum atomic E-state index is 4.71. The number of aromatic nitrogens is 2. The lowest BCUT2D eigenvalue weighted by atomic mass is 10.1. The van der Waals surface area contributed by atoms with Gasteiger partial charge in [-0.2, -0.15) is 19.9 Å². The van der Waals surface area contributed by atoms with E-state index in [0.717, 1.165) is 67.4 Å². The van der Waals surface area contributed by atoms with Crippen molar-refractivity contribution in [1.82, 2.24) is 0 Å². The molecular weight excluding hydrogens is 957 g/mol. The summed E-state index contributed by atoms with van der Waals surface area (Å²) in [5.74, 6) is 0. The van der Waals surface area contributed by atoms with Crippen LogP contribution in [-0.2, 0) is 13.1 Å². The van der Waals surface area contributed by atoms with Crippen molar-refractivity contribution in [3.05, 3.63) is 110 Å². The Labute approximate surface area is 477 Å². The minimum Gasteiger partial charge on any atom is -0.372 e. The number of para-hydroxylation sites is 1. The monoisotopic (exact) mass is 1070 g/mol. The predicted molar refractivity (Wildman–Crippen MR) is 336 cm³/mol. The molecule has 2 heterocycles. The highest BCUT2D eigenvalue weighted by molar-refractivity contribution is 5.87. The third-order valence-corrected chi connectivity index (χ3v) is 17.0. The van der Waals surface area contributed by atoms with Crippen molar-refractivity contribution in [3.63, 3.8) is 0 Å². The molecule has 2 aromatic heterocycles. The quantitative estimate of drug-likeness (QED) is 0.0170. The van der Waals surface area contributed by atoms with E-state index in [1.807, 2.05) is 0 Å². The zero-order valence-corrected chi connectivity index (χ0v) is 51.5. The molecule has 0 fully saturated rings. The first-order valence-corrected chi connectivity index (χ1v) is 31.8. The summed E-state index contributed by atoms with van der Waals surface area (Å²) < 4.78 is 7.05. The van der Waals surface area contributed by atoms with E-state index < -0.39 is 0 Å². The number of anilines is 2. The highest BCUT2D eigenvalue weighted by Crippen LogP contribution is 2.28. The molecule has 0 aliphatic rings. The lowest BCUT2D eigenvalue weighted by molar-refractivity contribution is -0.925. The molecule has 430 valence electrons. The smallest absolute Gasteiger partial charge is 0.214 e. The van der Waals surface area contributed by atoms with E-state index in [9.17, 15) is 0 Å². The second-order valence-electron chi connectivity index (χ2n) is 22.1. The van der Waals surface area contributed by atoms with Gasteiger partial charge in [-0.15, -0.1) is 5.11 Å². The number of aryl methyl sites for hydroxylation is 2. The van der Waals surface area contributed by atoms with E-state index in [4.69, 9.17) is 5.11 Å². The number of benzene rings is 3. The number of rotatable bonds is 40. The SMILES string of the molecule is CCCCCCN(CCCCCC)c1ccc(N=Nc2cc[n+](CCC[N+](CC)(CC)CC)c3ccccc23)cc1.CCCCCCN(CCCCCC)c1ccc(N=Nc2cc[n+](CCC[N+](CC)(CC)CC)cc2)cc1. The van der Waals surface area contributed by atoms with E-state index in [1.165, 1.54) is 194 Å². The minimum absolute atomic E-state index is 0.898. The Kier molecular flexibility index (Phi) is 32.3. The van der Waals surface area contributed by atoms with Gasteiger partial charge in [0, 0.05) is 61.8 Å². The summed E-state index contributed by atoms with van der Waals surface area (Å²) in [6, 6.07) is 32.2. The van der Waals surface area contributed by atoms with Gasteiger partial charge in [-0.25, -0.2) is 4.57 Å². The number of unbranched alkanes of at least 4 members (excludes halogenated alkanes) is 12. The van der Waals surface area contributed by atoms with E-state index in [0.29, 0.717) is 0 Å². The maximum absolute atomic E-state index is 4.71. The topological polar surface area (TPSA) is 63.7 Å². The van der Waals surface area contributed by atoms with Crippen LogP contribution in [0.1, 0.15) is 185 Å². The average molecular weight is 1070 g/mol. The molecule has 0 radical (unpaired) electrons. The predicted octanol–water partition coefficient (Wildman–Crippen LogP) is 18.4. The largest absolute Gasteiger partial charge is 0.372 e. The van der Waals surface area contributed by atoms with Gasteiger partial charge in [0.25, 0.3) is 0 Å². The lowest BCUT2D eigenvalue weighted by Gasteiger charge is -2.35. The molecule has 0 aliphatic heterocycles. The van der Waals surface area contributed by atoms with Crippen LogP contribution in [0.3, 0.4) is 0 Å². The molecule has 0 amide bonds. The van der Waals surface area contributed by atoms with Gasteiger partial charge >= 0.3 is 0 Å². The van der Waals surface area contributed by atoms with Gasteiger partial charge in [0.2, 0.25) is 5.52 Å². The second kappa shape index (κ2) is 38.5. The molecule has 5 aromatic rings. The summed E-state index contributed by atoms with van der Waals surface area (Å²) >= 11 is 0. The van der Waals surface area contributed by atoms with Crippen molar-refractivity contribution >= 4 is 45.0 Å². The summed E-state index contributed by atoms with van der Waals surface area (Å²) in [6.45, 7) is 39.4. The van der Waals surface area contributed by atoms with Gasteiger partial charge in [0.05, 0.1) is 87.6 Å². The number of azo groups is 2. The Morgan fingerprint density at radius 1 is 0.359 bits per heavy atom. The minimum atomic E-state index is 0.898. The maximum Gasteiger partial charge on any atom is 0.214 e. The number of hydrogen-bond donors (Lipinski definition) is 0. The van der Waals surface area contributed by atoms with E-state index in [1.54, 1.807) is 0 Å². The van der Waals surface area contributed by atoms with Gasteiger partial charge in [-0.3, -0.25) is 0 Å². The molecule has 0 saturated heterocycles. The number of pyridine rings is 2. The normalized spacial score (nSPS) is 12.0. The summed E-state index contributed by atoms with van der Waals surface area (Å²) in [6.07, 6.45) is 29.6. The van der Waals surface area contributed by atoms with Crippen molar-refractivity contribution < 1.29 is 18.1 Å². The number of quaternary nitrogens is 2. The van der Waals surface area contributed by atoms with Crippen molar-refractivity contribution in [2.45, 2.75) is 198 Å². The van der Waals surface area contributed by atoms with Crippen LogP contribution < -0.4 is 18.9 Å². The van der Waals surface area contributed by atoms with Gasteiger partial charge in [-0.1, -0.05) is 117 Å². The molecule has 78 heavy (non-hydrogen) atoms. The first-order chi connectivity index (χ1) is 38.2. The Bertz CT molecular complexity index is 2310. The molecule has 0 aliphatic carbocycles. The molecule has 0 bridgehead atoms. The highest BCUT2D eigenvalue weighted by Gasteiger charge is 2.23. The molecular formula is C68H112N10+4. The van der Waals surface area contributed by atoms with Crippen molar-refractivity contribution in [1.29, 1.82) is 0 Å². The van der Waals surface area contributed by atoms with Crippen molar-refractivity contribution in [3.8, 4) is 0 Å². The first-order valence-electron chi connectivity index (χ1n) is 31.8. The molecule has 0 saturated carbocycles. The van der Waals surface area contributed by atoms with Crippen LogP contribution in [0.25, 0.3) is 10.9 Å². The molecule has 0 unspecified atom stereocenters. The Morgan fingerprint density at radius 3 is 1.15 bits per heavy atom. The van der Waals surface area contributed by atoms with Crippen molar-refractivity contribution in [2.24, 2.45) is 20.5 Å². The second-order valence-corrected chi connectivity index (χ2v) is 22.1. The molecule has 3 aromatic carbocycles. The fraction of sp³-hybridized carbons (Fsp3) is 0.618. The summed E-state index contributed by atoms with van der Waals surface area (Å²) in [7, 11) is 0. The zero-order chi connectivity index (χ0) is 56.1. The number of nitrogens with zero attached hydrogens (tertiary/aromatic N) is 10. The van der Waals surface area contributed by atoms with Crippen LogP contribution in [0.2, 0.25) is 0 Å². The van der Waals surface area contributed by atoms with Gasteiger partial charge < -0.3 is 18.8 Å². The summed E-state index contributed by atoms with van der Waals surface area (Å²) in [5, 5.41) is 19.5. The van der Waals surface area contributed by atoms with Crippen LogP contribution in [0.15, 0.2) is 130 Å². The van der Waals surface area contributed by atoms with Gasteiger partial charge in [-0.05, 0) is 122 Å². The van der Waals surface area contributed by atoms with E-state index in [2.05, 4.69) is 213 Å². The third-order valence-electron chi connectivity index (χ3n) is 17.0. The molecule has 0 atom stereocenters. The standard InChI is InChI=1S/C36H57N5.C32H55N5/c1-6-11-13-17-27-39(28-18-14-12-7-2)33-24-22-32(23-25-33)37-38-35-26-30-40(36-21-16-15-20-34(35)36)29-19-31-41(8-3,9-4)10-5;1-6-11-13-15-25-36(26-16-14-12-7-2)32-20-18-30(19-21-32)33-34-31-22-27-35(28-23-31)24-17-29-37(8-3,9-4)10-5/h15-16,20-26,30H,6-14,17-19,27-29,31H2,1-5H3;18-23,27-28H,6-17,24-26,29H2,1-5H3/q2*+2.